The zero-order valence-corrected chi connectivity index (χ0v) is 12.3. The Morgan fingerprint density at radius 2 is 1.85 bits per heavy atom. The summed E-state index contributed by atoms with van der Waals surface area (Å²) in [5.74, 6) is 2.41. The van der Waals surface area contributed by atoms with Gasteiger partial charge < -0.3 is 9.84 Å². The molecular weight excluding hydrogens is 252 g/mol. The molecule has 3 heteroatoms. The van der Waals surface area contributed by atoms with Crippen LogP contribution in [-0.2, 0) is 9.53 Å². The van der Waals surface area contributed by atoms with E-state index in [-0.39, 0.29) is 18.7 Å². The third-order valence-corrected chi connectivity index (χ3v) is 3.60. The van der Waals surface area contributed by atoms with Crippen molar-refractivity contribution in [2.75, 3.05) is 6.61 Å². The molecule has 1 fully saturated rings. The second-order valence-electron chi connectivity index (χ2n) is 5.36. The monoisotopic (exact) mass is 278 g/mol. The van der Waals surface area contributed by atoms with Crippen LogP contribution in [0.2, 0.25) is 0 Å². The Morgan fingerprint density at radius 3 is 2.45 bits per heavy atom. The number of carbonyl (C=O) groups is 1. The van der Waals surface area contributed by atoms with Gasteiger partial charge in [-0.3, -0.25) is 0 Å². The van der Waals surface area contributed by atoms with Gasteiger partial charge in [0.05, 0.1) is 6.61 Å². The molecule has 112 valence electrons. The van der Waals surface area contributed by atoms with Gasteiger partial charge in [-0.15, -0.1) is 12.3 Å². The molecule has 1 rings (SSSR count). The van der Waals surface area contributed by atoms with Crippen LogP contribution in [0.4, 0.5) is 0 Å². The molecule has 0 aromatic rings. The smallest absolute Gasteiger partial charge is 0.334 e. The first-order valence-corrected chi connectivity index (χ1v) is 7.72. The Hall–Kier alpha value is -1.27. The lowest BCUT2D eigenvalue weighted by molar-refractivity contribution is -0.140. The van der Waals surface area contributed by atoms with Gasteiger partial charge in [0.15, 0.2) is 0 Å². The molecule has 1 saturated heterocycles. The van der Waals surface area contributed by atoms with Gasteiger partial charge in [-0.2, -0.15) is 0 Å². The number of aliphatic hydroxyl groups is 1. The standard InChI is InChI=1S/C17H26O3/c1-2-3-4-5-6-7-8-9-10-11-12-15-13-16(14-18)20-17(15)19/h1,12,16,18H,3-11,13-14H2. The van der Waals surface area contributed by atoms with Crippen molar-refractivity contribution in [3.63, 3.8) is 0 Å². The number of rotatable bonds is 10. The largest absolute Gasteiger partial charge is 0.456 e. The summed E-state index contributed by atoms with van der Waals surface area (Å²) >= 11 is 0. The van der Waals surface area contributed by atoms with Crippen LogP contribution in [-0.4, -0.2) is 23.8 Å². The predicted octanol–water partition coefficient (Wildman–Crippen LogP) is 3.36. The Balaban J connectivity index is 1.97. The summed E-state index contributed by atoms with van der Waals surface area (Å²) in [6.45, 7) is -0.0806. The van der Waals surface area contributed by atoms with E-state index in [0.29, 0.717) is 6.42 Å². The number of terminal acetylenes is 1. The van der Waals surface area contributed by atoms with Crippen molar-refractivity contribution in [2.45, 2.75) is 70.3 Å². The minimum Gasteiger partial charge on any atom is -0.456 e. The number of hydrogen-bond donors (Lipinski definition) is 1. The van der Waals surface area contributed by atoms with Gasteiger partial charge in [-0.25, -0.2) is 4.79 Å². The minimum atomic E-state index is -0.322. The van der Waals surface area contributed by atoms with Crippen molar-refractivity contribution in [3.8, 4) is 12.3 Å². The molecule has 1 heterocycles. The molecule has 0 spiro atoms. The molecule has 20 heavy (non-hydrogen) atoms. The van der Waals surface area contributed by atoms with Crippen LogP contribution in [0.25, 0.3) is 0 Å². The minimum absolute atomic E-state index is 0.0806. The lowest BCUT2D eigenvalue weighted by atomic mass is 10.1. The lowest BCUT2D eigenvalue weighted by Crippen LogP contribution is -2.10. The molecule has 1 N–H and O–H groups in total. The maximum Gasteiger partial charge on any atom is 0.334 e. The topological polar surface area (TPSA) is 46.5 Å². The second-order valence-corrected chi connectivity index (χ2v) is 5.36. The Labute approximate surface area is 122 Å². The van der Waals surface area contributed by atoms with Crippen molar-refractivity contribution >= 4 is 5.97 Å². The summed E-state index contributed by atoms with van der Waals surface area (Å²) in [6, 6.07) is 0. The number of aliphatic hydroxyl groups excluding tert-OH is 1. The van der Waals surface area contributed by atoms with Crippen molar-refractivity contribution in [1.82, 2.24) is 0 Å². The lowest BCUT2D eigenvalue weighted by Gasteiger charge is -2.00. The van der Waals surface area contributed by atoms with E-state index in [1.54, 1.807) is 0 Å². The van der Waals surface area contributed by atoms with Crippen LogP contribution >= 0.6 is 0 Å². The molecule has 0 aromatic carbocycles. The first-order chi connectivity index (χ1) is 9.77. The van der Waals surface area contributed by atoms with Gasteiger partial charge >= 0.3 is 5.97 Å². The number of allylic oxidation sites excluding steroid dienone is 1. The van der Waals surface area contributed by atoms with Gasteiger partial charge in [0.1, 0.15) is 6.10 Å². The van der Waals surface area contributed by atoms with Gasteiger partial charge in [-0.1, -0.05) is 38.2 Å². The summed E-state index contributed by atoms with van der Waals surface area (Å²) in [5.41, 5.74) is 0.735. The third kappa shape index (κ3) is 6.77. The fourth-order valence-electron chi connectivity index (χ4n) is 2.40. The molecule has 3 nitrogen and oxygen atoms in total. The first kappa shape index (κ1) is 16.8. The molecule has 0 aromatic heterocycles. The molecule has 0 bridgehead atoms. The zero-order chi connectivity index (χ0) is 14.6. The SMILES string of the molecule is C#CCCCCCCCCCC=C1CC(CO)OC1=O. The summed E-state index contributed by atoms with van der Waals surface area (Å²) in [6.07, 6.45) is 17.8. The Kier molecular flexibility index (Phi) is 8.82. The molecule has 1 aliphatic rings. The highest BCUT2D eigenvalue weighted by atomic mass is 16.6. The number of esters is 1. The molecule has 1 unspecified atom stereocenters. The highest BCUT2D eigenvalue weighted by Crippen LogP contribution is 2.21. The highest BCUT2D eigenvalue weighted by Gasteiger charge is 2.27. The van der Waals surface area contributed by atoms with E-state index >= 15 is 0 Å². The second kappa shape index (κ2) is 10.5. The molecule has 0 aliphatic carbocycles. The van der Waals surface area contributed by atoms with Crippen LogP contribution in [0, 0.1) is 12.3 Å². The van der Waals surface area contributed by atoms with Crippen LogP contribution < -0.4 is 0 Å². The third-order valence-electron chi connectivity index (χ3n) is 3.60. The van der Waals surface area contributed by atoms with Crippen LogP contribution in [0.5, 0.6) is 0 Å². The normalized spacial score (nSPS) is 20.1. The van der Waals surface area contributed by atoms with E-state index in [2.05, 4.69) is 5.92 Å². The fraction of sp³-hybridized carbons (Fsp3) is 0.706. The van der Waals surface area contributed by atoms with E-state index in [0.717, 1.165) is 31.3 Å². The van der Waals surface area contributed by atoms with Crippen molar-refractivity contribution in [3.05, 3.63) is 11.6 Å². The van der Waals surface area contributed by atoms with Gasteiger partial charge in [0, 0.05) is 18.4 Å². The Bertz CT molecular complexity index is 352. The maximum absolute atomic E-state index is 11.4. The number of cyclic esters (lactones) is 1. The van der Waals surface area contributed by atoms with Crippen LogP contribution in [0.1, 0.15) is 64.2 Å². The maximum atomic E-state index is 11.4. The molecular formula is C17H26O3. The summed E-state index contributed by atoms with van der Waals surface area (Å²) in [7, 11) is 0. The summed E-state index contributed by atoms with van der Waals surface area (Å²) in [5, 5.41) is 8.93. The van der Waals surface area contributed by atoms with Crippen LogP contribution in [0.3, 0.4) is 0 Å². The fourth-order valence-corrected chi connectivity index (χ4v) is 2.40. The molecule has 1 atom stereocenters. The number of ether oxygens (including phenoxy) is 1. The van der Waals surface area contributed by atoms with Crippen LogP contribution in [0.15, 0.2) is 11.6 Å². The van der Waals surface area contributed by atoms with Crippen molar-refractivity contribution < 1.29 is 14.6 Å². The molecule has 0 saturated carbocycles. The van der Waals surface area contributed by atoms with Crippen molar-refractivity contribution in [2.24, 2.45) is 0 Å². The van der Waals surface area contributed by atoms with E-state index in [1.165, 1.54) is 32.1 Å². The van der Waals surface area contributed by atoms with Gasteiger partial charge in [-0.05, 0) is 19.3 Å². The average Bonchev–Trinajstić information content (AvgIpc) is 2.81. The van der Waals surface area contributed by atoms with E-state index in [1.807, 2.05) is 6.08 Å². The quantitative estimate of drug-likeness (QED) is 0.288. The van der Waals surface area contributed by atoms with Gasteiger partial charge in [0.25, 0.3) is 0 Å². The summed E-state index contributed by atoms with van der Waals surface area (Å²) in [4.78, 5) is 11.4. The summed E-state index contributed by atoms with van der Waals surface area (Å²) < 4.78 is 4.99. The van der Waals surface area contributed by atoms with E-state index in [9.17, 15) is 4.79 Å². The highest BCUT2D eigenvalue weighted by molar-refractivity contribution is 5.90. The molecule has 0 radical (unpaired) electrons. The number of carbonyl (C=O) groups excluding carboxylic acids is 1. The Morgan fingerprint density at radius 1 is 1.20 bits per heavy atom. The molecule has 0 amide bonds. The molecule has 1 aliphatic heterocycles. The average molecular weight is 278 g/mol. The zero-order valence-electron chi connectivity index (χ0n) is 12.3. The van der Waals surface area contributed by atoms with Crippen molar-refractivity contribution in [1.29, 1.82) is 0 Å². The first-order valence-electron chi connectivity index (χ1n) is 7.72. The number of hydrogen-bond acceptors (Lipinski definition) is 3. The van der Waals surface area contributed by atoms with E-state index < -0.39 is 0 Å². The predicted molar refractivity (Wildman–Crippen MR) is 80.1 cm³/mol. The van der Waals surface area contributed by atoms with Gasteiger partial charge in [0.2, 0.25) is 0 Å². The van der Waals surface area contributed by atoms with E-state index in [4.69, 9.17) is 16.3 Å². The number of unbranched alkanes of at least 4 members (excludes halogenated alkanes) is 8.